The van der Waals surface area contributed by atoms with Crippen LogP contribution in [0.3, 0.4) is 0 Å². The third-order valence-corrected chi connectivity index (χ3v) is 5.60. The van der Waals surface area contributed by atoms with E-state index in [1.54, 1.807) is 12.5 Å². The molecule has 3 rings (SSSR count). The molecule has 7 nitrogen and oxygen atoms in total. The van der Waals surface area contributed by atoms with Gasteiger partial charge in [-0.05, 0) is 43.0 Å². The van der Waals surface area contributed by atoms with Gasteiger partial charge in [-0.15, -0.1) is 11.3 Å². The molecule has 1 saturated heterocycles. The number of carboxylic acid groups (broad SMARTS) is 1. The van der Waals surface area contributed by atoms with Gasteiger partial charge in [0.05, 0.1) is 13.0 Å². The van der Waals surface area contributed by atoms with Crippen molar-refractivity contribution in [1.82, 2.24) is 10.3 Å². The molecular weight excluding hydrogens is 368 g/mol. The van der Waals surface area contributed by atoms with Gasteiger partial charge < -0.3 is 19.9 Å². The predicted molar refractivity (Wildman–Crippen MR) is 101 cm³/mol. The first kappa shape index (κ1) is 19.3. The zero-order valence-electron chi connectivity index (χ0n) is 15.0. The SMILES string of the molecule is COc1ccc(-c2nc(C(=O)NCC(C(=O)O)C3CCOCC3)cs2)cc1. The Labute approximate surface area is 161 Å². The molecular formula is C19H22N2O5S. The number of nitrogens with zero attached hydrogens (tertiary/aromatic N) is 1. The van der Waals surface area contributed by atoms with Crippen molar-refractivity contribution in [3.05, 3.63) is 35.3 Å². The molecule has 0 aliphatic carbocycles. The van der Waals surface area contributed by atoms with E-state index in [2.05, 4.69) is 10.3 Å². The molecule has 144 valence electrons. The normalized spacial score (nSPS) is 15.9. The maximum Gasteiger partial charge on any atom is 0.308 e. The molecule has 1 amide bonds. The molecule has 0 radical (unpaired) electrons. The van der Waals surface area contributed by atoms with Crippen LogP contribution in [0.15, 0.2) is 29.6 Å². The van der Waals surface area contributed by atoms with Crippen LogP contribution in [-0.2, 0) is 9.53 Å². The van der Waals surface area contributed by atoms with Crippen molar-refractivity contribution in [3.8, 4) is 16.3 Å². The number of thiazole rings is 1. The largest absolute Gasteiger partial charge is 0.497 e. The average molecular weight is 390 g/mol. The number of carboxylic acids is 1. The number of rotatable bonds is 7. The van der Waals surface area contributed by atoms with Crippen molar-refractivity contribution in [2.24, 2.45) is 11.8 Å². The molecule has 1 unspecified atom stereocenters. The van der Waals surface area contributed by atoms with Gasteiger partial charge in [-0.3, -0.25) is 9.59 Å². The summed E-state index contributed by atoms with van der Waals surface area (Å²) < 4.78 is 10.4. The second-order valence-corrected chi connectivity index (χ2v) is 7.23. The smallest absolute Gasteiger partial charge is 0.308 e. The summed E-state index contributed by atoms with van der Waals surface area (Å²) in [5.74, 6) is -1.09. The van der Waals surface area contributed by atoms with Crippen molar-refractivity contribution in [1.29, 1.82) is 0 Å². The third-order valence-electron chi connectivity index (χ3n) is 4.71. The average Bonchev–Trinajstić information content (AvgIpc) is 3.19. The Kier molecular flexibility index (Phi) is 6.41. The number of hydrogen-bond donors (Lipinski definition) is 2. The fraction of sp³-hybridized carbons (Fsp3) is 0.421. The summed E-state index contributed by atoms with van der Waals surface area (Å²) in [5, 5.41) is 14.6. The number of carbonyl (C=O) groups excluding carboxylic acids is 1. The Morgan fingerprint density at radius 1 is 1.33 bits per heavy atom. The van der Waals surface area contributed by atoms with Crippen LogP contribution in [0.1, 0.15) is 23.3 Å². The van der Waals surface area contributed by atoms with E-state index in [1.165, 1.54) is 11.3 Å². The van der Waals surface area contributed by atoms with Gasteiger partial charge in [-0.1, -0.05) is 0 Å². The van der Waals surface area contributed by atoms with E-state index in [0.717, 1.165) is 16.3 Å². The minimum absolute atomic E-state index is 0.0156. The highest BCUT2D eigenvalue weighted by molar-refractivity contribution is 7.13. The zero-order chi connectivity index (χ0) is 19.2. The fourth-order valence-corrected chi connectivity index (χ4v) is 3.92. The van der Waals surface area contributed by atoms with E-state index >= 15 is 0 Å². The lowest BCUT2D eigenvalue weighted by Crippen LogP contribution is -2.39. The van der Waals surface area contributed by atoms with Gasteiger partial charge >= 0.3 is 5.97 Å². The number of carbonyl (C=O) groups is 2. The van der Waals surface area contributed by atoms with Crippen molar-refractivity contribution in [2.45, 2.75) is 12.8 Å². The van der Waals surface area contributed by atoms with Gasteiger partial charge in [-0.2, -0.15) is 0 Å². The number of aliphatic carboxylic acids is 1. The summed E-state index contributed by atoms with van der Waals surface area (Å²) in [6, 6.07) is 7.43. The van der Waals surface area contributed by atoms with Gasteiger partial charge in [0.2, 0.25) is 0 Å². The zero-order valence-corrected chi connectivity index (χ0v) is 15.8. The second kappa shape index (κ2) is 8.96. The molecule has 1 fully saturated rings. The number of aromatic nitrogens is 1. The molecule has 0 saturated carbocycles. The van der Waals surface area contributed by atoms with Crippen LogP contribution in [0.5, 0.6) is 5.75 Å². The predicted octanol–water partition coefficient (Wildman–Crippen LogP) is 2.68. The second-order valence-electron chi connectivity index (χ2n) is 6.37. The van der Waals surface area contributed by atoms with Crippen LogP contribution in [0.4, 0.5) is 0 Å². The lowest BCUT2D eigenvalue weighted by atomic mass is 9.86. The van der Waals surface area contributed by atoms with Gasteiger partial charge in [-0.25, -0.2) is 4.98 Å². The summed E-state index contributed by atoms with van der Waals surface area (Å²) in [7, 11) is 1.60. The Bertz CT molecular complexity index is 784. The summed E-state index contributed by atoms with van der Waals surface area (Å²) >= 11 is 1.37. The molecule has 2 aromatic rings. The van der Waals surface area contributed by atoms with E-state index < -0.39 is 11.9 Å². The van der Waals surface area contributed by atoms with Crippen LogP contribution in [0.2, 0.25) is 0 Å². The highest BCUT2D eigenvalue weighted by Gasteiger charge is 2.30. The molecule has 1 aliphatic heterocycles. The van der Waals surface area contributed by atoms with Crippen LogP contribution in [-0.4, -0.2) is 48.8 Å². The van der Waals surface area contributed by atoms with Crippen LogP contribution in [0, 0.1) is 11.8 Å². The molecule has 0 bridgehead atoms. The first-order valence-electron chi connectivity index (χ1n) is 8.77. The van der Waals surface area contributed by atoms with Crippen LogP contribution < -0.4 is 10.1 Å². The fourth-order valence-electron chi connectivity index (χ4n) is 3.11. The summed E-state index contributed by atoms with van der Waals surface area (Å²) in [6.45, 7) is 1.23. The quantitative estimate of drug-likeness (QED) is 0.754. The Hall–Kier alpha value is -2.45. The third kappa shape index (κ3) is 4.84. The highest BCUT2D eigenvalue weighted by atomic mass is 32.1. The first-order valence-corrected chi connectivity index (χ1v) is 9.65. The Balaban J connectivity index is 1.62. The standard InChI is InChI=1S/C19H22N2O5S/c1-25-14-4-2-13(3-5-14)18-21-16(11-27-18)17(22)20-10-15(19(23)24)12-6-8-26-9-7-12/h2-5,11-12,15H,6-10H2,1H3,(H,20,22)(H,23,24). The molecule has 1 aromatic heterocycles. The molecule has 2 N–H and O–H groups in total. The molecule has 1 atom stereocenters. The number of nitrogens with one attached hydrogen (secondary N) is 1. The molecule has 27 heavy (non-hydrogen) atoms. The number of benzene rings is 1. The lowest BCUT2D eigenvalue weighted by Gasteiger charge is -2.27. The van der Waals surface area contributed by atoms with Gasteiger partial charge in [0.15, 0.2) is 0 Å². The maximum absolute atomic E-state index is 12.4. The Morgan fingerprint density at radius 3 is 2.67 bits per heavy atom. The van der Waals surface area contributed by atoms with Gasteiger partial charge in [0, 0.05) is 30.7 Å². The van der Waals surface area contributed by atoms with Gasteiger partial charge in [0.1, 0.15) is 16.5 Å². The van der Waals surface area contributed by atoms with E-state index in [-0.39, 0.29) is 18.4 Å². The molecule has 2 heterocycles. The minimum Gasteiger partial charge on any atom is -0.497 e. The van der Waals surface area contributed by atoms with Crippen molar-refractivity contribution in [2.75, 3.05) is 26.9 Å². The molecule has 0 spiro atoms. The van der Waals surface area contributed by atoms with E-state index in [4.69, 9.17) is 9.47 Å². The topological polar surface area (TPSA) is 97.8 Å². The van der Waals surface area contributed by atoms with Gasteiger partial charge in [0.25, 0.3) is 5.91 Å². The van der Waals surface area contributed by atoms with Crippen molar-refractivity contribution >= 4 is 23.2 Å². The molecule has 1 aromatic carbocycles. The van der Waals surface area contributed by atoms with Crippen LogP contribution >= 0.6 is 11.3 Å². The molecule has 8 heteroatoms. The Morgan fingerprint density at radius 2 is 2.04 bits per heavy atom. The van der Waals surface area contributed by atoms with E-state index in [1.807, 2.05) is 24.3 Å². The number of amides is 1. The monoisotopic (exact) mass is 390 g/mol. The maximum atomic E-state index is 12.4. The number of hydrogen-bond acceptors (Lipinski definition) is 6. The van der Waals surface area contributed by atoms with Crippen molar-refractivity contribution in [3.63, 3.8) is 0 Å². The van der Waals surface area contributed by atoms with Crippen molar-refractivity contribution < 1.29 is 24.2 Å². The van der Waals surface area contributed by atoms with Crippen LogP contribution in [0.25, 0.3) is 10.6 Å². The highest BCUT2D eigenvalue weighted by Crippen LogP contribution is 2.26. The van der Waals surface area contributed by atoms with E-state index in [0.29, 0.717) is 31.7 Å². The summed E-state index contributed by atoms with van der Waals surface area (Å²) in [6.07, 6.45) is 1.40. The summed E-state index contributed by atoms with van der Waals surface area (Å²) in [4.78, 5) is 28.3. The molecule has 1 aliphatic rings. The first-order chi connectivity index (χ1) is 13.1. The number of ether oxygens (including phenoxy) is 2. The number of methoxy groups -OCH3 is 1. The van der Waals surface area contributed by atoms with E-state index in [9.17, 15) is 14.7 Å². The lowest BCUT2D eigenvalue weighted by molar-refractivity contribution is -0.144. The minimum atomic E-state index is -0.889. The summed E-state index contributed by atoms with van der Waals surface area (Å²) in [5.41, 5.74) is 1.19.